The third kappa shape index (κ3) is 4.93. The second-order valence-electron chi connectivity index (χ2n) is 4.87. The molecule has 2 aromatic carbocycles. The van der Waals surface area contributed by atoms with Gasteiger partial charge in [-0.25, -0.2) is 10.2 Å². The summed E-state index contributed by atoms with van der Waals surface area (Å²) >= 11 is 0. The van der Waals surface area contributed by atoms with Gasteiger partial charge in [0, 0.05) is 12.1 Å². The van der Waals surface area contributed by atoms with Crippen molar-refractivity contribution in [3.05, 3.63) is 71.3 Å². The van der Waals surface area contributed by atoms with Crippen LogP contribution in [0, 0.1) is 0 Å². The van der Waals surface area contributed by atoms with E-state index in [1.165, 1.54) is 0 Å². The van der Waals surface area contributed by atoms with Crippen LogP contribution in [-0.2, 0) is 11.2 Å². The molecule has 0 fully saturated rings. The minimum atomic E-state index is -0.323. The molecule has 0 radical (unpaired) electrons. The first kappa shape index (κ1) is 16.7. The zero-order valence-corrected chi connectivity index (χ0v) is 13.0. The number of esters is 1. The van der Waals surface area contributed by atoms with Crippen molar-refractivity contribution < 1.29 is 14.3 Å². The van der Waals surface area contributed by atoms with Crippen LogP contribution in [0.5, 0.6) is 0 Å². The van der Waals surface area contributed by atoms with Crippen molar-refractivity contribution in [3.63, 3.8) is 0 Å². The summed E-state index contributed by atoms with van der Waals surface area (Å²) in [5, 5.41) is 0. The molecule has 0 saturated carbocycles. The lowest BCUT2D eigenvalue weighted by Crippen LogP contribution is -2.38. The number of rotatable bonds is 7. The number of carbonyl (C=O) groups excluding carboxylic acids is 2. The third-order valence-electron chi connectivity index (χ3n) is 3.27. The van der Waals surface area contributed by atoms with Crippen molar-refractivity contribution in [1.29, 1.82) is 0 Å². The van der Waals surface area contributed by atoms with Crippen LogP contribution >= 0.6 is 0 Å². The quantitative estimate of drug-likeness (QED) is 0.468. The Balaban J connectivity index is 1.85. The smallest absolute Gasteiger partial charge is 0.338 e. The molecule has 0 unspecified atom stereocenters. The maximum Gasteiger partial charge on any atom is 0.338 e. The molecule has 5 nitrogen and oxygen atoms in total. The van der Waals surface area contributed by atoms with Gasteiger partial charge in [0.05, 0.1) is 12.2 Å². The normalized spacial score (nSPS) is 10.1. The van der Waals surface area contributed by atoms with E-state index < -0.39 is 0 Å². The Hall–Kier alpha value is -2.66. The number of carbonyl (C=O) groups is 2. The standard InChI is InChI=1S/C18H20N2O3/c1-2-23-18(22)16-11-7-6-8-14(16)12-13-19-20-17(21)15-9-4-3-5-10-15/h3-11,19H,2,12-13H2,1H3,(H,20,21). The number of nitrogens with one attached hydrogen (secondary N) is 2. The summed E-state index contributed by atoms with van der Waals surface area (Å²) in [6, 6.07) is 16.3. The molecule has 2 rings (SSSR count). The van der Waals surface area contributed by atoms with Crippen molar-refractivity contribution >= 4 is 11.9 Å². The van der Waals surface area contributed by atoms with Crippen molar-refractivity contribution in [1.82, 2.24) is 10.9 Å². The van der Waals surface area contributed by atoms with Crippen LogP contribution < -0.4 is 10.9 Å². The molecule has 2 N–H and O–H groups in total. The Morgan fingerprint density at radius 1 is 1.00 bits per heavy atom. The fraction of sp³-hybridized carbons (Fsp3) is 0.222. The molecule has 0 heterocycles. The lowest BCUT2D eigenvalue weighted by atomic mass is 10.0. The van der Waals surface area contributed by atoms with Crippen LogP contribution in [0.2, 0.25) is 0 Å². The van der Waals surface area contributed by atoms with Gasteiger partial charge in [0.1, 0.15) is 0 Å². The maximum atomic E-state index is 11.9. The molecule has 120 valence electrons. The first-order chi connectivity index (χ1) is 11.2. The Kier molecular flexibility index (Phi) is 6.32. The van der Waals surface area contributed by atoms with E-state index in [2.05, 4.69) is 10.9 Å². The summed E-state index contributed by atoms with van der Waals surface area (Å²) in [7, 11) is 0. The highest BCUT2D eigenvalue weighted by atomic mass is 16.5. The highest BCUT2D eigenvalue weighted by molar-refractivity contribution is 5.93. The van der Waals surface area contributed by atoms with Crippen molar-refractivity contribution in [2.24, 2.45) is 0 Å². The van der Waals surface area contributed by atoms with Gasteiger partial charge in [-0.15, -0.1) is 0 Å². The molecule has 1 amide bonds. The van der Waals surface area contributed by atoms with Gasteiger partial charge < -0.3 is 4.74 Å². The topological polar surface area (TPSA) is 67.4 Å². The van der Waals surface area contributed by atoms with E-state index in [0.717, 1.165) is 5.56 Å². The number of benzene rings is 2. The number of ether oxygens (including phenoxy) is 1. The molecule has 23 heavy (non-hydrogen) atoms. The molecule has 0 spiro atoms. The van der Waals surface area contributed by atoms with Crippen LogP contribution in [0.4, 0.5) is 0 Å². The van der Waals surface area contributed by atoms with E-state index in [4.69, 9.17) is 4.74 Å². The molecule has 0 aliphatic heterocycles. The van der Waals surface area contributed by atoms with E-state index in [1.807, 2.05) is 30.3 Å². The highest BCUT2D eigenvalue weighted by Crippen LogP contribution is 2.10. The molecule has 2 aromatic rings. The van der Waals surface area contributed by atoms with E-state index in [9.17, 15) is 9.59 Å². The molecule has 0 aliphatic carbocycles. The number of hydrogen-bond donors (Lipinski definition) is 2. The molecule has 0 saturated heterocycles. The molecule has 5 heteroatoms. The lowest BCUT2D eigenvalue weighted by Gasteiger charge is -2.10. The van der Waals surface area contributed by atoms with E-state index in [1.54, 1.807) is 31.2 Å². The SMILES string of the molecule is CCOC(=O)c1ccccc1CCNNC(=O)c1ccccc1. The fourth-order valence-electron chi connectivity index (χ4n) is 2.15. The Bertz CT molecular complexity index is 656. The predicted octanol–water partition coefficient (Wildman–Crippen LogP) is 2.34. The summed E-state index contributed by atoms with van der Waals surface area (Å²) in [5.74, 6) is -0.513. The number of hydrogen-bond acceptors (Lipinski definition) is 4. The third-order valence-corrected chi connectivity index (χ3v) is 3.27. The summed E-state index contributed by atoms with van der Waals surface area (Å²) in [4.78, 5) is 23.7. The van der Waals surface area contributed by atoms with Crippen LogP contribution in [-0.4, -0.2) is 25.0 Å². The van der Waals surface area contributed by atoms with Crippen molar-refractivity contribution in [2.45, 2.75) is 13.3 Å². The maximum absolute atomic E-state index is 11.9. The zero-order valence-electron chi connectivity index (χ0n) is 13.0. The molecule has 0 aliphatic rings. The van der Waals surface area contributed by atoms with Crippen LogP contribution in [0.3, 0.4) is 0 Å². The lowest BCUT2D eigenvalue weighted by molar-refractivity contribution is 0.0525. The zero-order chi connectivity index (χ0) is 16.5. The van der Waals surface area contributed by atoms with Gasteiger partial charge in [0.25, 0.3) is 5.91 Å². The molecular formula is C18H20N2O3. The van der Waals surface area contributed by atoms with Gasteiger partial charge in [-0.2, -0.15) is 0 Å². The van der Waals surface area contributed by atoms with Gasteiger partial charge in [0.15, 0.2) is 0 Å². The van der Waals surface area contributed by atoms with E-state index in [-0.39, 0.29) is 11.9 Å². The Morgan fingerprint density at radius 2 is 1.70 bits per heavy atom. The fourth-order valence-corrected chi connectivity index (χ4v) is 2.15. The Morgan fingerprint density at radius 3 is 2.43 bits per heavy atom. The van der Waals surface area contributed by atoms with Crippen molar-refractivity contribution in [2.75, 3.05) is 13.2 Å². The predicted molar refractivity (Wildman–Crippen MR) is 88.0 cm³/mol. The highest BCUT2D eigenvalue weighted by Gasteiger charge is 2.11. The summed E-state index contributed by atoms with van der Waals surface area (Å²) in [6.45, 7) is 2.63. The van der Waals surface area contributed by atoms with Crippen LogP contribution in [0.1, 0.15) is 33.2 Å². The minimum Gasteiger partial charge on any atom is -0.462 e. The Labute approximate surface area is 135 Å². The molecule has 0 bridgehead atoms. The second-order valence-corrected chi connectivity index (χ2v) is 4.87. The van der Waals surface area contributed by atoms with Gasteiger partial charge in [0.2, 0.25) is 0 Å². The monoisotopic (exact) mass is 312 g/mol. The second kappa shape index (κ2) is 8.70. The van der Waals surface area contributed by atoms with Gasteiger partial charge in [-0.1, -0.05) is 36.4 Å². The van der Waals surface area contributed by atoms with E-state index >= 15 is 0 Å². The first-order valence-corrected chi connectivity index (χ1v) is 7.55. The average Bonchev–Trinajstić information content (AvgIpc) is 2.60. The van der Waals surface area contributed by atoms with Gasteiger partial charge >= 0.3 is 5.97 Å². The molecule has 0 aromatic heterocycles. The average molecular weight is 312 g/mol. The van der Waals surface area contributed by atoms with E-state index in [0.29, 0.717) is 30.7 Å². The van der Waals surface area contributed by atoms with Gasteiger partial charge in [-0.05, 0) is 37.1 Å². The van der Waals surface area contributed by atoms with Crippen LogP contribution in [0.15, 0.2) is 54.6 Å². The first-order valence-electron chi connectivity index (χ1n) is 7.55. The number of amides is 1. The van der Waals surface area contributed by atoms with Gasteiger partial charge in [-0.3, -0.25) is 10.2 Å². The summed E-state index contributed by atoms with van der Waals surface area (Å²) < 4.78 is 5.04. The summed E-state index contributed by atoms with van der Waals surface area (Å²) in [6.07, 6.45) is 0.601. The molecule has 0 atom stereocenters. The number of hydrazine groups is 1. The minimum absolute atomic E-state index is 0.190. The molecular weight excluding hydrogens is 292 g/mol. The summed E-state index contributed by atoms with van der Waals surface area (Å²) in [5.41, 5.74) is 7.55. The van der Waals surface area contributed by atoms with Crippen LogP contribution in [0.25, 0.3) is 0 Å². The van der Waals surface area contributed by atoms with Crippen molar-refractivity contribution in [3.8, 4) is 0 Å². The largest absolute Gasteiger partial charge is 0.462 e.